The fraction of sp³-hybridized carbons (Fsp3) is 0.308. The summed E-state index contributed by atoms with van der Waals surface area (Å²) in [7, 11) is 4.02. The van der Waals surface area contributed by atoms with Crippen molar-refractivity contribution >= 4 is 6.08 Å². The summed E-state index contributed by atoms with van der Waals surface area (Å²) in [6.45, 7) is 1.58. The fourth-order valence-electron chi connectivity index (χ4n) is 1.10. The van der Waals surface area contributed by atoms with Crippen molar-refractivity contribution in [3.63, 3.8) is 0 Å². The van der Waals surface area contributed by atoms with Gasteiger partial charge < -0.3 is 9.64 Å². The van der Waals surface area contributed by atoms with Crippen LogP contribution in [0.4, 0.5) is 0 Å². The lowest BCUT2D eigenvalue weighted by Crippen LogP contribution is -2.16. The maximum absolute atomic E-state index is 8.63. The minimum Gasteiger partial charge on any atom is -0.500 e. The minimum atomic E-state index is 0.672. The Morgan fingerprint density at radius 1 is 1.31 bits per heavy atom. The average molecular weight is 216 g/mol. The van der Waals surface area contributed by atoms with E-state index in [1.54, 1.807) is 18.4 Å². The lowest BCUT2D eigenvalue weighted by atomic mass is 10.1. The summed E-state index contributed by atoms with van der Waals surface area (Å²) < 4.78 is 5.32. The van der Waals surface area contributed by atoms with Crippen molar-refractivity contribution < 1.29 is 4.74 Å². The molecule has 1 aromatic rings. The van der Waals surface area contributed by atoms with Gasteiger partial charge in [0.25, 0.3) is 0 Å². The van der Waals surface area contributed by atoms with Gasteiger partial charge in [-0.25, -0.2) is 0 Å². The van der Waals surface area contributed by atoms with E-state index in [9.17, 15) is 0 Å². The molecule has 0 saturated heterocycles. The zero-order chi connectivity index (χ0) is 11.8. The summed E-state index contributed by atoms with van der Waals surface area (Å²) in [5.41, 5.74) is 1.70. The molecular formula is C13H16N2O. The molecule has 0 aromatic heterocycles. The first kappa shape index (κ1) is 12.3. The summed E-state index contributed by atoms with van der Waals surface area (Å²) in [6.07, 6.45) is 3.57. The highest BCUT2D eigenvalue weighted by molar-refractivity contribution is 5.49. The van der Waals surface area contributed by atoms with Crippen LogP contribution in [0.5, 0.6) is 0 Å². The number of rotatable bonds is 5. The molecule has 84 valence electrons. The van der Waals surface area contributed by atoms with Crippen LogP contribution in [0, 0.1) is 11.3 Å². The third-order valence-corrected chi connectivity index (χ3v) is 2.05. The Kier molecular flexibility index (Phi) is 5.10. The summed E-state index contributed by atoms with van der Waals surface area (Å²) >= 11 is 0. The van der Waals surface area contributed by atoms with Gasteiger partial charge in [-0.3, -0.25) is 0 Å². The molecule has 0 heterocycles. The van der Waals surface area contributed by atoms with Gasteiger partial charge in [0.05, 0.1) is 24.5 Å². The lowest BCUT2D eigenvalue weighted by Gasteiger charge is -2.07. The van der Waals surface area contributed by atoms with E-state index < -0.39 is 0 Å². The van der Waals surface area contributed by atoms with Crippen LogP contribution in [0.2, 0.25) is 0 Å². The molecule has 0 bridgehead atoms. The molecule has 0 aliphatic rings. The first-order valence-electron chi connectivity index (χ1n) is 5.15. The van der Waals surface area contributed by atoms with Gasteiger partial charge in [-0.2, -0.15) is 5.26 Å². The molecule has 3 heteroatoms. The lowest BCUT2D eigenvalue weighted by molar-refractivity contribution is 0.214. The Bertz CT molecular complexity index is 374. The second-order valence-electron chi connectivity index (χ2n) is 3.71. The molecule has 0 radical (unpaired) electrons. The van der Waals surface area contributed by atoms with Crippen molar-refractivity contribution in [2.45, 2.75) is 0 Å². The smallest absolute Gasteiger partial charge is 0.0999 e. The molecule has 1 aromatic carbocycles. The van der Waals surface area contributed by atoms with E-state index in [-0.39, 0.29) is 0 Å². The molecule has 0 unspecified atom stereocenters. The number of hydrogen-bond donors (Lipinski definition) is 0. The monoisotopic (exact) mass is 216 g/mol. The van der Waals surface area contributed by atoms with E-state index in [0.717, 1.165) is 12.1 Å². The van der Waals surface area contributed by atoms with Crippen LogP contribution in [0.15, 0.2) is 30.5 Å². The molecule has 0 saturated carbocycles. The number of ether oxygens (including phenoxy) is 1. The molecule has 0 fully saturated rings. The number of nitrogens with zero attached hydrogens (tertiary/aromatic N) is 2. The third-order valence-electron chi connectivity index (χ3n) is 2.05. The zero-order valence-corrected chi connectivity index (χ0v) is 9.68. The van der Waals surface area contributed by atoms with Crippen LogP contribution in [0.3, 0.4) is 0 Å². The molecule has 0 atom stereocenters. The van der Waals surface area contributed by atoms with Crippen LogP contribution in [-0.4, -0.2) is 32.1 Å². The fourth-order valence-corrected chi connectivity index (χ4v) is 1.10. The Hall–Kier alpha value is -1.79. The van der Waals surface area contributed by atoms with E-state index in [0.29, 0.717) is 12.2 Å². The standard InChI is InChI=1S/C13H16N2O/c1-15(2)8-10-16-9-7-12-3-5-13(11-14)6-4-12/h3-7,9H,8,10H2,1-2H3/b9-7+. The minimum absolute atomic E-state index is 0.672. The highest BCUT2D eigenvalue weighted by atomic mass is 16.5. The molecule has 1 rings (SSSR count). The van der Waals surface area contributed by atoms with Crippen LogP contribution in [-0.2, 0) is 4.74 Å². The van der Waals surface area contributed by atoms with Crippen LogP contribution >= 0.6 is 0 Å². The predicted octanol–water partition coefficient (Wildman–Crippen LogP) is 2.11. The van der Waals surface area contributed by atoms with Crippen molar-refractivity contribution in [2.24, 2.45) is 0 Å². The Morgan fingerprint density at radius 2 is 2.00 bits per heavy atom. The summed E-state index contributed by atoms with van der Waals surface area (Å²) in [4.78, 5) is 2.07. The first-order valence-corrected chi connectivity index (χ1v) is 5.15. The van der Waals surface area contributed by atoms with Crippen molar-refractivity contribution in [1.29, 1.82) is 5.26 Å². The number of hydrogen-bond acceptors (Lipinski definition) is 3. The molecule has 0 aliphatic carbocycles. The van der Waals surface area contributed by atoms with Crippen LogP contribution in [0.1, 0.15) is 11.1 Å². The van der Waals surface area contributed by atoms with Gasteiger partial charge in [0.2, 0.25) is 0 Å². The molecule has 0 amide bonds. The largest absolute Gasteiger partial charge is 0.500 e. The molecule has 3 nitrogen and oxygen atoms in total. The van der Waals surface area contributed by atoms with E-state index in [1.807, 2.05) is 32.3 Å². The van der Waals surface area contributed by atoms with Crippen molar-refractivity contribution in [1.82, 2.24) is 4.90 Å². The quantitative estimate of drug-likeness (QED) is 0.558. The van der Waals surface area contributed by atoms with Gasteiger partial charge in [0, 0.05) is 6.54 Å². The molecule has 0 spiro atoms. The Morgan fingerprint density at radius 3 is 2.56 bits per heavy atom. The van der Waals surface area contributed by atoms with Gasteiger partial charge in [-0.05, 0) is 37.9 Å². The van der Waals surface area contributed by atoms with Crippen LogP contribution in [0.25, 0.3) is 6.08 Å². The van der Waals surface area contributed by atoms with E-state index in [4.69, 9.17) is 10.00 Å². The van der Waals surface area contributed by atoms with E-state index in [2.05, 4.69) is 11.0 Å². The zero-order valence-electron chi connectivity index (χ0n) is 9.68. The predicted molar refractivity (Wildman–Crippen MR) is 64.7 cm³/mol. The number of likely N-dealkylation sites (N-methyl/N-ethyl adjacent to an activating group) is 1. The normalized spacial score (nSPS) is 10.6. The van der Waals surface area contributed by atoms with Crippen molar-refractivity contribution in [3.8, 4) is 6.07 Å². The van der Waals surface area contributed by atoms with Gasteiger partial charge in [0.1, 0.15) is 0 Å². The summed E-state index contributed by atoms with van der Waals surface area (Å²) in [6, 6.07) is 9.45. The first-order chi connectivity index (χ1) is 7.72. The van der Waals surface area contributed by atoms with Crippen molar-refractivity contribution in [2.75, 3.05) is 27.2 Å². The SMILES string of the molecule is CN(C)CCO/C=C/c1ccc(C#N)cc1. The average Bonchev–Trinajstić information content (AvgIpc) is 2.29. The van der Waals surface area contributed by atoms with Gasteiger partial charge in [-0.15, -0.1) is 0 Å². The van der Waals surface area contributed by atoms with Gasteiger partial charge in [-0.1, -0.05) is 12.1 Å². The second kappa shape index (κ2) is 6.65. The summed E-state index contributed by atoms with van der Waals surface area (Å²) in [5, 5.41) is 8.63. The van der Waals surface area contributed by atoms with E-state index >= 15 is 0 Å². The topological polar surface area (TPSA) is 36.3 Å². The molecule has 16 heavy (non-hydrogen) atoms. The van der Waals surface area contributed by atoms with Crippen molar-refractivity contribution in [3.05, 3.63) is 41.7 Å². The Balaban J connectivity index is 2.36. The van der Waals surface area contributed by atoms with Gasteiger partial charge in [0.15, 0.2) is 0 Å². The molecular weight excluding hydrogens is 200 g/mol. The summed E-state index contributed by atoms with van der Waals surface area (Å²) in [5.74, 6) is 0. The second-order valence-corrected chi connectivity index (χ2v) is 3.71. The highest BCUT2D eigenvalue weighted by Gasteiger charge is 1.90. The molecule has 0 aliphatic heterocycles. The maximum atomic E-state index is 8.63. The van der Waals surface area contributed by atoms with Crippen LogP contribution < -0.4 is 0 Å². The third kappa shape index (κ3) is 4.63. The number of nitriles is 1. The molecule has 0 N–H and O–H groups in total. The highest BCUT2D eigenvalue weighted by Crippen LogP contribution is 2.05. The maximum Gasteiger partial charge on any atom is 0.0999 e. The van der Waals surface area contributed by atoms with Gasteiger partial charge >= 0.3 is 0 Å². The Labute approximate surface area is 96.6 Å². The van der Waals surface area contributed by atoms with E-state index in [1.165, 1.54) is 0 Å². The number of benzene rings is 1.